The van der Waals surface area contributed by atoms with Crippen LogP contribution in [-0.4, -0.2) is 7.11 Å². The largest absolute Gasteiger partial charge is 0.495 e. The highest BCUT2D eigenvalue weighted by Gasteiger charge is 2.15. The lowest BCUT2D eigenvalue weighted by Gasteiger charge is -2.14. The molecule has 0 aliphatic rings. The number of alkyl halides is 1. The van der Waals surface area contributed by atoms with E-state index in [-0.39, 0.29) is 5.38 Å². The summed E-state index contributed by atoms with van der Waals surface area (Å²) in [6.07, 6.45) is 0.838. The predicted molar refractivity (Wildman–Crippen MR) is 64.6 cm³/mol. The second-order valence-corrected chi connectivity index (χ2v) is 4.70. The van der Waals surface area contributed by atoms with E-state index in [0.717, 1.165) is 22.2 Å². The molecule has 0 heterocycles. The van der Waals surface area contributed by atoms with Crippen LogP contribution in [0.2, 0.25) is 5.02 Å². The van der Waals surface area contributed by atoms with Crippen LogP contribution in [0.15, 0.2) is 16.6 Å². The lowest BCUT2D eigenvalue weighted by atomic mass is 10.1. The molecule has 1 aromatic carbocycles. The van der Waals surface area contributed by atoms with E-state index < -0.39 is 0 Å². The van der Waals surface area contributed by atoms with Gasteiger partial charge in [-0.3, -0.25) is 0 Å². The highest BCUT2D eigenvalue weighted by atomic mass is 79.9. The summed E-state index contributed by atoms with van der Waals surface area (Å²) in [4.78, 5) is 0. The van der Waals surface area contributed by atoms with Crippen LogP contribution < -0.4 is 4.74 Å². The van der Waals surface area contributed by atoms with E-state index in [1.54, 1.807) is 13.2 Å². The third-order valence-electron chi connectivity index (χ3n) is 1.94. The maximum Gasteiger partial charge on any atom is 0.137 e. The predicted octanol–water partition coefficient (Wildman–Crippen LogP) is 4.80. The Bertz CT molecular complexity index is 328. The van der Waals surface area contributed by atoms with Crippen LogP contribution in [0, 0.1) is 0 Å². The molecule has 78 valence electrons. The minimum absolute atomic E-state index is 0.0695. The molecule has 4 heteroatoms. The average molecular weight is 298 g/mol. The molecule has 0 aromatic heterocycles. The molecule has 1 aromatic rings. The highest BCUT2D eigenvalue weighted by molar-refractivity contribution is 9.10. The Kier molecular flexibility index (Phi) is 4.55. The number of methoxy groups -OCH3 is 1. The first-order valence-corrected chi connectivity index (χ1v) is 5.87. The van der Waals surface area contributed by atoms with Crippen LogP contribution in [0.25, 0.3) is 0 Å². The van der Waals surface area contributed by atoms with Crippen LogP contribution in [0.1, 0.15) is 24.3 Å². The molecule has 0 aliphatic carbocycles. The Balaban J connectivity index is 3.24. The molecule has 0 amide bonds. The molecular formula is C10H11BrCl2O. The normalized spacial score (nSPS) is 12.6. The van der Waals surface area contributed by atoms with Crippen LogP contribution >= 0.6 is 39.1 Å². The zero-order valence-electron chi connectivity index (χ0n) is 7.98. The van der Waals surface area contributed by atoms with Gasteiger partial charge in [-0.2, -0.15) is 0 Å². The van der Waals surface area contributed by atoms with Gasteiger partial charge in [0.15, 0.2) is 0 Å². The monoisotopic (exact) mass is 296 g/mol. The van der Waals surface area contributed by atoms with E-state index in [2.05, 4.69) is 15.9 Å². The standard InChI is InChI=1S/C10H11BrCl2O/c1-3-9(13)7-4-6(12)5-8(11)10(7)14-2/h4-5,9H,3H2,1-2H3. The quantitative estimate of drug-likeness (QED) is 0.728. The van der Waals surface area contributed by atoms with Crippen molar-refractivity contribution < 1.29 is 4.74 Å². The maximum absolute atomic E-state index is 6.16. The summed E-state index contributed by atoms with van der Waals surface area (Å²) >= 11 is 15.5. The van der Waals surface area contributed by atoms with Crippen LogP contribution in [-0.2, 0) is 0 Å². The molecule has 0 N–H and O–H groups in total. The Morgan fingerprint density at radius 1 is 1.50 bits per heavy atom. The molecule has 0 bridgehead atoms. The van der Waals surface area contributed by atoms with Crippen molar-refractivity contribution in [2.75, 3.05) is 7.11 Å². The molecule has 0 saturated heterocycles. The topological polar surface area (TPSA) is 9.23 Å². The van der Waals surface area contributed by atoms with Gasteiger partial charge in [0.05, 0.1) is 17.0 Å². The van der Waals surface area contributed by atoms with Gasteiger partial charge < -0.3 is 4.74 Å². The van der Waals surface area contributed by atoms with Gasteiger partial charge in [-0.05, 0) is 34.5 Å². The molecule has 1 nitrogen and oxygen atoms in total. The van der Waals surface area contributed by atoms with Crippen molar-refractivity contribution in [3.05, 3.63) is 27.2 Å². The molecular weight excluding hydrogens is 287 g/mol. The Morgan fingerprint density at radius 3 is 2.64 bits per heavy atom. The minimum Gasteiger partial charge on any atom is -0.495 e. The fraction of sp³-hybridized carbons (Fsp3) is 0.400. The summed E-state index contributed by atoms with van der Waals surface area (Å²) in [5.41, 5.74) is 0.927. The van der Waals surface area contributed by atoms with E-state index in [1.165, 1.54) is 0 Å². The van der Waals surface area contributed by atoms with Gasteiger partial charge in [0.2, 0.25) is 0 Å². The van der Waals surface area contributed by atoms with Crippen molar-refractivity contribution in [1.29, 1.82) is 0 Å². The molecule has 0 spiro atoms. The van der Waals surface area contributed by atoms with Gasteiger partial charge in [0, 0.05) is 10.6 Å². The van der Waals surface area contributed by atoms with Crippen LogP contribution in [0.4, 0.5) is 0 Å². The van der Waals surface area contributed by atoms with Crippen molar-refractivity contribution in [1.82, 2.24) is 0 Å². The van der Waals surface area contributed by atoms with E-state index in [0.29, 0.717) is 5.02 Å². The molecule has 1 atom stereocenters. The molecule has 14 heavy (non-hydrogen) atoms. The summed E-state index contributed by atoms with van der Waals surface area (Å²) in [5.74, 6) is 0.760. The summed E-state index contributed by atoms with van der Waals surface area (Å²) in [7, 11) is 1.62. The van der Waals surface area contributed by atoms with E-state index in [1.807, 2.05) is 13.0 Å². The van der Waals surface area contributed by atoms with Gasteiger partial charge in [0.25, 0.3) is 0 Å². The zero-order chi connectivity index (χ0) is 10.7. The third-order valence-corrected chi connectivity index (χ3v) is 3.29. The Labute approximate surface area is 102 Å². The third kappa shape index (κ3) is 2.56. The van der Waals surface area contributed by atoms with Gasteiger partial charge in [0.1, 0.15) is 5.75 Å². The second-order valence-electron chi connectivity index (χ2n) is 2.89. The molecule has 0 fully saturated rings. The number of hydrogen-bond donors (Lipinski definition) is 0. The van der Waals surface area contributed by atoms with Gasteiger partial charge >= 0.3 is 0 Å². The lowest BCUT2D eigenvalue weighted by molar-refractivity contribution is 0.406. The van der Waals surface area contributed by atoms with Crippen molar-refractivity contribution in [3.8, 4) is 5.75 Å². The summed E-state index contributed by atoms with van der Waals surface area (Å²) < 4.78 is 6.10. The van der Waals surface area contributed by atoms with Crippen molar-refractivity contribution >= 4 is 39.1 Å². The number of halogens is 3. The van der Waals surface area contributed by atoms with E-state index in [9.17, 15) is 0 Å². The summed E-state index contributed by atoms with van der Waals surface area (Å²) in [6.45, 7) is 2.02. The summed E-state index contributed by atoms with van der Waals surface area (Å²) in [6, 6.07) is 3.63. The molecule has 0 radical (unpaired) electrons. The smallest absolute Gasteiger partial charge is 0.137 e. The average Bonchev–Trinajstić information content (AvgIpc) is 2.15. The first-order chi connectivity index (χ1) is 6.60. The maximum atomic E-state index is 6.16. The molecule has 1 unspecified atom stereocenters. The fourth-order valence-corrected chi connectivity index (χ4v) is 2.41. The first-order valence-electron chi connectivity index (χ1n) is 4.27. The van der Waals surface area contributed by atoms with Crippen molar-refractivity contribution in [3.63, 3.8) is 0 Å². The van der Waals surface area contributed by atoms with Gasteiger partial charge in [-0.1, -0.05) is 18.5 Å². The number of hydrogen-bond acceptors (Lipinski definition) is 1. The summed E-state index contributed by atoms with van der Waals surface area (Å²) in [5, 5.41) is 0.590. The first kappa shape index (κ1) is 12.2. The van der Waals surface area contributed by atoms with Crippen LogP contribution in [0.5, 0.6) is 5.75 Å². The van der Waals surface area contributed by atoms with E-state index >= 15 is 0 Å². The molecule has 1 rings (SSSR count). The van der Waals surface area contributed by atoms with E-state index in [4.69, 9.17) is 27.9 Å². The number of benzene rings is 1. The number of rotatable bonds is 3. The Hall–Kier alpha value is 0.0800. The zero-order valence-corrected chi connectivity index (χ0v) is 11.1. The highest BCUT2D eigenvalue weighted by Crippen LogP contribution is 2.39. The van der Waals surface area contributed by atoms with Crippen LogP contribution in [0.3, 0.4) is 0 Å². The lowest BCUT2D eigenvalue weighted by Crippen LogP contribution is -1.95. The second kappa shape index (κ2) is 5.24. The molecule has 0 saturated carbocycles. The van der Waals surface area contributed by atoms with Gasteiger partial charge in [-0.25, -0.2) is 0 Å². The fourth-order valence-electron chi connectivity index (χ4n) is 1.25. The molecule has 0 aliphatic heterocycles. The van der Waals surface area contributed by atoms with Crippen molar-refractivity contribution in [2.45, 2.75) is 18.7 Å². The number of ether oxygens (including phenoxy) is 1. The SMILES string of the molecule is CCC(Cl)c1cc(Cl)cc(Br)c1OC. The van der Waals surface area contributed by atoms with Gasteiger partial charge in [-0.15, -0.1) is 11.6 Å². The minimum atomic E-state index is -0.0695. The Morgan fingerprint density at radius 2 is 2.14 bits per heavy atom. The van der Waals surface area contributed by atoms with Crippen molar-refractivity contribution in [2.24, 2.45) is 0 Å².